The molecule has 3 heterocycles. The van der Waals surface area contributed by atoms with Crippen molar-refractivity contribution in [3.8, 4) is 5.69 Å². The minimum absolute atomic E-state index is 0.185. The Kier molecular flexibility index (Phi) is 4.49. The van der Waals surface area contributed by atoms with Gasteiger partial charge in [0.25, 0.3) is 0 Å². The topological polar surface area (TPSA) is 80.0 Å². The van der Waals surface area contributed by atoms with Crippen molar-refractivity contribution in [3.63, 3.8) is 0 Å². The van der Waals surface area contributed by atoms with E-state index in [1.807, 2.05) is 56.9 Å². The molecule has 0 atom stereocenters. The number of piperazine rings is 1. The van der Waals surface area contributed by atoms with Crippen molar-refractivity contribution in [1.82, 2.24) is 29.9 Å². The summed E-state index contributed by atoms with van der Waals surface area (Å²) in [5, 5.41) is 8.65. The summed E-state index contributed by atoms with van der Waals surface area (Å²) in [5.74, 6) is 0.955. The first-order valence-corrected chi connectivity index (χ1v) is 9.52. The summed E-state index contributed by atoms with van der Waals surface area (Å²) in [7, 11) is 0. The van der Waals surface area contributed by atoms with E-state index in [9.17, 15) is 4.79 Å². The molecule has 146 valence electrons. The molecule has 2 aromatic heterocycles. The lowest BCUT2D eigenvalue weighted by Crippen LogP contribution is -2.51. The summed E-state index contributed by atoms with van der Waals surface area (Å²) in [4.78, 5) is 25.5. The number of amides is 1. The molecule has 1 aliphatic rings. The van der Waals surface area contributed by atoms with Crippen LogP contribution in [0.25, 0.3) is 16.9 Å². The van der Waals surface area contributed by atoms with Crippen LogP contribution in [0.2, 0.25) is 0 Å². The van der Waals surface area contributed by atoms with E-state index in [4.69, 9.17) is 0 Å². The van der Waals surface area contributed by atoms with Crippen LogP contribution in [0.5, 0.6) is 0 Å². The van der Waals surface area contributed by atoms with Gasteiger partial charge in [0.1, 0.15) is 6.33 Å². The number of anilines is 1. The minimum Gasteiger partial charge on any atom is -0.351 e. The Balaban J connectivity index is 1.59. The molecule has 0 spiro atoms. The maximum atomic E-state index is 12.5. The molecule has 8 nitrogen and oxygen atoms in total. The molecule has 0 bridgehead atoms. The molecule has 1 fully saturated rings. The highest BCUT2D eigenvalue weighted by atomic mass is 16.2. The Hall–Kier alpha value is -3.03. The highest BCUT2D eigenvalue weighted by molar-refractivity contribution is 5.84. The molecule has 0 saturated carbocycles. The van der Waals surface area contributed by atoms with Crippen LogP contribution in [0.1, 0.15) is 26.3 Å². The minimum atomic E-state index is -0.360. The van der Waals surface area contributed by atoms with Crippen molar-refractivity contribution in [1.29, 1.82) is 0 Å². The first-order valence-electron chi connectivity index (χ1n) is 9.52. The number of carbonyl (C=O) groups is 1. The van der Waals surface area contributed by atoms with E-state index in [1.54, 1.807) is 11.0 Å². The van der Waals surface area contributed by atoms with Crippen LogP contribution >= 0.6 is 0 Å². The molecule has 0 aliphatic carbocycles. The molecule has 28 heavy (non-hydrogen) atoms. The van der Waals surface area contributed by atoms with E-state index in [2.05, 4.69) is 25.2 Å². The lowest BCUT2D eigenvalue weighted by Gasteiger charge is -2.38. The average molecular weight is 379 g/mol. The zero-order chi connectivity index (χ0) is 19.9. The number of hydrogen-bond donors (Lipinski definition) is 0. The highest BCUT2D eigenvalue weighted by Crippen LogP contribution is 2.25. The number of hydrogen-bond acceptors (Lipinski definition) is 6. The number of aromatic nitrogens is 5. The van der Waals surface area contributed by atoms with Crippen LogP contribution in [0.4, 0.5) is 5.82 Å². The molecule has 1 saturated heterocycles. The molecule has 4 rings (SSSR count). The third-order valence-corrected chi connectivity index (χ3v) is 5.00. The van der Waals surface area contributed by atoms with Gasteiger partial charge in [0.05, 0.1) is 5.69 Å². The van der Waals surface area contributed by atoms with Crippen LogP contribution in [0, 0.1) is 12.3 Å². The van der Waals surface area contributed by atoms with Crippen molar-refractivity contribution < 1.29 is 4.79 Å². The highest BCUT2D eigenvalue weighted by Gasteiger charge is 2.30. The largest absolute Gasteiger partial charge is 0.351 e. The number of carbonyl (C=O) groups excluding carboxylic acids is 1. The fourth-order valence-corrected chi connectivity index (χ4v) is 3.42. The van der Waals surface area contributed by atoms with Gasteiger partial charge in [0, 0.05) is 31.6 Å². The average Bonchev–Trinajstić information content (AvgIpc) is 3.12. The number of benzene rings is 1. The standard InChI is InChI=1S/C20H25N7O/c1-14-5-7-15(8-6-14)27-18-16(23-24-27)17(21-13-22-18)25-9-11-26(12-10-25)19(28)20(2,3)4/h5-8,13H,9-12H2,1-4H3. The molecule has 1 aromatic carbocycles. The summed E-state index contributed by atoms with van der Waals surface area (Å²) in [5.41, 5.74) is 3.10. The lowest BCUT2D eigenvalue weighted by atomic mass is 9.94. The number of rotatable bonds is 2. The van der Waals surface area contributed by atoms with Gasteiger partial charge in [0.15, 0.2) is 17.0 Å². The molecule has 1 amide bonds. The Labute approximate surface area is 164 Å². The molecule has 0 N–H and O–H groups in total. The summed E-state index contributed by atoms with van der Waals surface area (Å²) in [6.07, 6.45) is 1.55. The number of aryl methyl sites for hydroxylation is 1. The van der Waals surface area contributed by atoms with Crippen molar-refractivity contribution in [2.45, 2.75) is 27.7 Å². The Bertz CT molecular complexity index is 996. The maximum Gasteiger partial charge on any atom is 0.228 e. The fourth-order valence-electron chi connectivity index (χ4n) is 3.42. The Morgan fingerprint density at radius 1 is 1.00 bits per heavy atom. The van der Waals surface area contributed by atoms with Crippen LogP contribution < -0.4 is 4.90 Å². The fraction of sp³-hybridized carbons (Fsp3) is 0.450. The Morgan fingerprint density at radius 2 is 1.68 bits per heavy atom. The van der Waals surface area contributed by atoms with Gasteiger partial charge in [-0.3, -0.25) is 4.79 Å². The van der Waals surface area contributed by atoms with Crippen molar-refractivity contribution in [3.05, 3.63) is 36.2 Å². The zero-order valence-corrected chi connectivity index (χ0v) is 16.8. The van der Waals surface area contributed by atoms with Crippen LogP contribution in [0.3, 0.4) is 0 Å². The van der Waals surface area contributed by atoms with Gasteiger partial charge in [-0.05, 0) is 19.1 Å². The third-order valence-electron chi connectivity index (χ3n) is 5.00. The Morgan fingerprint density at radius 3 is 2.32 bits per heavy atom. The first-order chi connectivity index (χ1) is 13.3. The van der Waals surface area contributed by atoms with Gasteiger partial charge in [-0.1, -0.05) is 43.7 Å². The number of nitrogens with zero attached hydrogens (tertiary/aromatic N) is 7. The van der Waals surface area contributed by atoms with Gasteiger partial charge in [-0.2, -0.15) is 4.68 Å². The summed E-state index contributed by atoms with van der Waals surface area (Å²) < 4.78 is 1.74. The summed E-state index contributed by atoms with van der Waals surface area (Å²) in [6, 6.07) is 8.08. The molecule has 8 heteroatoms. The monoisotopic (exact) mass is 379 g/mol. The van der Waals surface area contributed by atoms with E-state index >= 15 is 0 Å². The van der Waals surface area contributed by atoms with Crippen molar-refractivity contribution >= 4 is 22.9 Å². The van der Waals surface area contributed by atoms with Crippen LogP contribution in [-0.2, 0) is 4.79 Å². The predicted octanol–water partition coefficient (Wildman–Crippen LogP) is 2.21. The second kappa shape index (κ2) is 6.85. The molecular formula is C20H25N7O. The zero-order valence-electron chi connectivity index (χ0n) is 16.8. The maximum absolute atomic E-state index is 12.5. The third kappa shape index (κ3) is 3.30. The molecule has 0 radical (unpaired) electrons. The van der Waals surface area contributed by atoms with Gasteiger partial charge < -0.3 is 9.80 Å². The van der Waals surface area contributed by atoms with E-state index < -0.39 is 0 Å². The molecule has 0 unspecified atom stereocenters. The van der Waals surface area contributed by atoms with Gasteiger partial charge in [-0.15, -0.1) is 5.10 Å². The SMILES string of the molecule is Cc1ccc(-n2nnc3c(N4CCN(C(=O)C(C)(C)C)CC4)ncnc32)cc1. The molecule has 3 aromatic rings. The van der Waals surface area contributed by atoms with E-state index in [0.717, 1.165) is 11.5 Å². The van der Waals surface area contributed by atoms with Gasteiger partial charge >= 0.3 is 0 Å². The van der Waals surface area contributed by atoms with Crippen LogP contribution in [0.15, 0.2) is 30.6 Å². The van der Waals surface area contributed by atoms with E-state index in [1.165, 1.54) is 5.56 Å². The van der Waals surface area contributed by atoms with Gasteiger partial charge in [-0.25, -0.2) is 9.97 Å². The van der Waals surface area contributed by atoms with E-state index in [0.29, 0.717) is 37.3 Å². The van der Waals surface area contributed by atoms with Crippen LogP contribution in [-0.4, -0.2) is 61.9 Å². The second-order valence-corrected chi connectivity index (χ2v) is 8.24. The van der Waals surface area contributed by atoms with Crippen molar-refractivity contribution in [2.75, 3.05) is 31.1 Å². The van der Waals surface area contributed by atoms with E-state index in [-0.39, 0.29) is 11.3 Å². The normalized spacial score (nSPS) is 15.3. The smallest absolute Gasteiger partial charge is 0.228 e. The first kappa shape index (κ1) is 18.3. The predicted molar refractivity (Wildman–Crippen MR) is 107 cm³/mol. The summed E-state index contributed by atoms with van der Waals surface area (Å²) >= 11 is 0. The van der Waals surface area contributed by atoms with Crippen molar-refractivity contribution in [2.24, 2.45) is 5.41 Å². The number of fused-ring (bicyclic) bond motifs is 1. The molecule has 1 aliphatic heterocycles. The van der Waals surface area contributed by atoms with Gasteiger partial charge in [0.2, 0.25) is 5.91 Å². The summed E-state index contributed by atoms with van der Waals surface area (Å²) in [6.45, 7) is 10.7. The quantitative estimate of drug-likeness (QED) is 0.679. The lowest BCUT2D eigenvalue weighted by molar-refractivity contribution is -0.139. The molecular weight excluding hydrogens is 354 g/mol. The second-order valence-electron chi connectivity index (χ2n) is 8.24.